The van der Waals surface area contributed by atoms with Crippen LogP contribution in [0, 0.1) is 5.41 Å². The molecule has 0 aromatic heterocycles. The molecule has 28 heavy (non-hydrogen) atoms. The first kappa shape index (κ1) is 21.4. The number of aliphatic imine (C=N–C) groups is 1. The average molecular weight is 386 g/mol. The highest BCUT2D eigenvalue weighted by molar-refractivity contribution is 5.94. The van der Waals surface area contributed by atoms with Gasteiger partial charge in [-0.25, -0.2) is 0 Å². The second kappa shape index (κ2) is 9.88. The SMILES string of the molecule is CN=C(NCC(C)(C)Cc1ccccc1)Nc1cc(OC)c(OC)c(OC)c1. The maximum absolute atomic E-state index is 5.41. The minimum absolute atomic E-state index is 0.0638. The third-order valence-electron chi connectivity index (χ3n) is 4.41. The van der Waals surface area contributed by atoms with Crippen LogP contribution in [0.5, 0.6) is 17.2 Å². The molecule has 6 heteroatoms. The minimum Gasteiger partial charge on any atom is -0.493 e. The zero-order valence-electron chi connectivity index (χ0n) is 17.6. The van der Waals surface area contributed by atoms with Crippen LogP contribution in [0.2, 0.25) is 0 Å². The van der Waals surface area contributed by atoms with Crippen molar-refractivity contribution in [3.8, 4) is 17.2 Å². The minimum atomic E-state index is 0.0638. The van der Waals surface area contributed by atoms with Gasteiger partial charge in [-0.3, -0.25) is 4.99 Å². The molecule has 2 aromatic rings. The van der Waals surface area contributed by atoms with E-state index in [1.165, 1.54) is 5.56 Å². The van der Waals surface area contributed by atoms with Gasteiger partial charge in [-0.15, -0.1) is 0 Å². The molecular formula is C22H31N3O3. The Morgan fingerprint density at radius 1 is 0.964 bits per heavy atom. The van der Waals surface area contributed by atoms with E-state index >= 15 is 0 Å². The van der Waals surface area contributed by atoms with Crippen molar-refractivity contribution in [3.05, 3.63) is 48.0 Å². The summed E-state index contributed by atoms with van der Waals surface area (Å²) < 4.78 is 16.2. The summed E-state index contributed by atoms with van der Waals surface area (Å²) in [6, 6.07) is 14.2. The number of methoxy groups -OCH3 is 3. The van der Waals surface area contributed by atoms with Crippen molar-refractivity contribution in [1.82, 2.24) is 5.32 Å². The molecule has 2 aromatic carbocycles. The van der Waals surface area contributed by atoms with Crippen LogP contribution >= 0.6 is 0 Å². The Balaban J connectivity index is 2.06. The Kier molecular flexibility index (Phi) is 7.55. The summed E-state index contributed by atoms with van der Waals surface area (Å²) in [6.45, 7) is 5.24. The monoisotopic (exact) mass is 385 g/mol. The first-order chi connectivity index (χ1) is 13.4. The van der Waals surface area contributed by atoms with Gasteiger partial charge in [-0.1, -0.05) is 44.2 Å². The molecule has 0 spiro atoms. The van der Waals surface area contributed by atoms with E-state index in [0.717, 1.165) is 18.7 Å². The summed E-state index contributed by atoms with van der Waals surface area (Å²) in [7, 11) is 6.53. The maximum atomic E-state index is 5.41. The number of guanidine groups is 1. The summed E-state index contributed by atoms with van der Waals surface area (Å²) in [5.74, 6) is 2.41. The molecule has 0 aliphatic carbocycles. The molecule has 152 valence electrons. The second-order valence-corrected chi connectivity index (χ2v) is 7.29. The van der Waals surface area contributed by atoms with Gasteiger partial charge in [0.2, 0.25) is 5.75 Å². The van der Waals surface area contributed by atoms with Crippen molar-refractivity contribution in [1.29, 1.82) is 0 Å². The number of anilines is 1. The highest BCUT2D eigenvalue weighted by Crippen LogP contribution is 2.39. The molecule has 0 heterocycles. The lowest BCUT2D eigenvalue weighted by molar-refractivity contribution is 0.324. The van der Waals surface area contributed by atoms with Crippen molar-refractivity contribution in [2.75, 3.05) is 40.2 Å². The molecule has 0 fully saturated rings. The fourth-order valence-corrected chi connectivity index (χ4v) is 3.00. The number of benzene rings is 2. The Morgan fingerprint density at radius 3 is 2.07 bits per heavy atom. The van der Waals surface area contributed by atoms with Crippen LogP contribution in [0.25, 0.3) is 0 Å². The van der Waals surface area contributed by atoms with E-state index in [9.17, 15) is 0 Å². The zero-order valence-corrected chi connectivity index (χ0v) is 17.6. The van der Waals surface area contributed by atoms with Crippen molar-refractivity contribution < 1.29 is 14.2 Å². The first-order valence-electron chi connectivity index (χ1n) is 9.24. The second-order valence-electron chi connectivity index (χ2n) is 7.29. The lowest BCUT2D eigenvalue weighted by atomic mass is 9.86. The van der Waals surface area contributed by atoms with Gasteiger partial charge in [-0.2, -0.15) is 0 Å². The van der Waals surface area contributed by atoms with Crippen LogP contribution in [0.1, 0.15) is 19.4 Å². The molecule has 0 bridgehead atoms. The third kappa shape index (κ3) is 5.81. The fourth-order valence-electron chi connectivity index (χ4n) is 3.00. The molecule has 0 aliphatic heterocycles. The van der Waals surface area contributed by atoms with E-state index in [1.54, 1.807) is 28.4 Å². The largest absolute Gasteiger partial charge is 0.493 e. The summed E-state index contributed by atoms with van der Waals surface area (Å²) in [6.07, 6.45) is 0.974. The summed E-state index contributed by atoms with van der Waals surface area (Å²) >= 11 is 0. The average Bonchev–Trinajstić information content (AvgIpc) is 2.70. The number of hydrogen-bond donors (Lipinski definition) is 2. The third-order valence-corrected chi connectivity index (χ3v) is 4.41. The van der Waals surface area contributed by atoms with Crippen molar-refractivity contribution in [3.63, 3.8) is 0 Å². The van der Waals surface area contributed by atoms with Gasteiger partial charge in [0.1, 0.15) is 0 Å². The van der Waals surface area contributed by atoms with E-state index in [4.69, 9.17) is 14.2 Å². The van der Waals surface area contributed by atoms with Crippen LogP contribution in [0.15, 0.2) is 47.5 Å². The molecule has 0 aliphatic rings. The van der Waals surface area contributed by atoms with Crippen molar-refractivity contribution in [2.45, 2.75) is 20.3 Å². The highest BCUT2D eigenvalue weighted by atomic mass is 16.5. The molecule has 0 atom stereocenters. The van der Waals surface area contributed by atoms with Crippen LogP contribution in [-0.4, -0.2) is 40.9 Å². The lowest BCUT2D eigenvalue weighted by Gasteiger charge is -2.26. The molecule has 0 saturated carbocycles. The smallest absolute Gasteiger partial charge is 0.203 e. The Hall–Kier alpha value is -2.89. The van der Waals surface area contributed by atoms with E-state index in [2.05, 4.69) is 53.7 Å². The Morgan fingerprint density at radius 2 is 1.57 bits per heavy atom. The predicted octanol–water partition coefficient (Wildman–Crippen LogP) is 3.97. The number of nitrogens with one attached hydrogen (secondary N) is 2. The Bertz CT molecular complexity index is 764. The molecular weight excluding hydrogens is 354 g/mol. The number of nitrogens with zero attached hydrogens (tertiary/aromatic N) is 1. The number of ether oxygens (including phenoxy) is 3. The predicted molar refractivity (Wildman–Crippen MR) is 115 cm³/mol. The lowest BCUT2D eigenvalue weighted by Crippen LogP contribution is -2.38. The van der Waals surface area contributed by atoms with Gasteiger partial charge in [0, 0.05) is 31.4 Å². The zero-order chi connectivity index (χ0) is 20.6. The topological polar surface area (TPSA) is 64.1 Å². The van der Waals surface area contributed by atoms with Crippen LogP contribution in [0.3, 0.4) is 0 Å². The van der Waals surface area contributed by atoms with Crippen LogP contribution < -0.4 is 24.8 Å². The molecule has 0 radical (unpaired) electrons. The summed E-state index contributed by atoms with van der Waals surface area (Å²) in [5, 5.41) is 6.70. The van der Waals surface area contributed by atoms with E-state index in [-0.39, 0.29) is 5.41 Å². The normalized spacial score (nSPS) is 11.7. The summed E-state index contributed by atoms with van der Waals surface area (Å²) in [4.78, 5) is 4.33. The molecule has 2 N–H and O–H groups in total. The fraction of sp³-hybridized carbons (Fsp3) is 0.409. The van der Waals surface area contributed by atoms with Crippen LogP contribution in [-0.2, 0) is 6.42 Å². The molecule has 0 saturated heterocycles. The van der Waals surface area contributed by atoms with E-state index in [1.807, 2.05) is 18.2 Å². The van der Waals surface area contributed by atoms with Crippen LogP contribution in [0.4, 0.5) is 5.69 Å². The summed E-state index contributed by atoms with van der Waals surface area (Å²) in [5.41, 5.74) is 2.18. The Labute approximate surface area is 167 Å². The number of rotatable bonds is 8. The van der Waals surface area contributed by atoms with Gasteiger partial charge in [-0.05, 0) is 17.4 Å². The number of hydrogen-bond acceptors (Lipinski definition) is 4. The van der Waals surface area contributed by atoms with Gasteiger partial charge in [0.25, 0.3) is 0 Å². The van der Waals surface area contributed by atoms with Crippen molar-refractivity contribution in [2.24, 2.45) is 10.4 Å². The maximum Gasteiger partial charge on any atom is 0.203 e. The van der Waals surface area contributed by atoms with Gasteiger partial charge < -0.3 is 24.8 Å². The van der Waals surface area contributed by atoms with Gasteiger partial charge >= 0.3 is 0 Å². The highest BCUT2D eigenvalue weighted by Gasteiger charge is 2.19. The van der Waals surface area contributed by atoms with Crippen molar-refractivity contribution >= 4 is 11.6 Å². The van der Waals surface area contributed by atoms with Gasteiger partial charge in [0.05, 0.1) is 21.3 Å². The standard InChI is InChI=1S/C22H31N3O3/c1-22(2,14-16-10-8-7-9-11-16)15-24-21(23-3)25-17-12-18(26-4)20(28-6)19(13-17)27-5/h7-13H,14-15H2,1-6H3,(H2,23,24,25). The molecule has 0 unspecified atom stereocenters. The molecule has 0 amide bonds. The first-order valence-corrected chi connectivity index (χ1v) is 9.24. The molecule has 2 rings (SSSR count). The molecule has 6 nitrogen and oxygen atoms in total. The quantitative estimate of drug-likeness (QED) is 0.532. The van der Waals surface area contributed by atoms with Gasteiger partial charge in [0.15, 0.2) is 17.5 Å². The van der Waals surface area contributed by atoms with E-state index in [0.29, 0.717) is 23.2 Å². The van der Waals surface area contributed by atoms with E-state index < -0.39 is 0 Å².